The maximum Gasteiger partial charge on any atom is 0.334 e. The molecule has 0 fully saturated rings. The fourth-order valence-electron chi connectivity index (χ4n) is 0.462. The van der Waals surface area contributed by atoms with Crippen molar-refractivity contribution in [1.82, 2.24) is 0 Å². The molecule has 0 rings (SSSR count). The molecule has 0 heterocycles. The van der Waals surface area contributed by atoms with Crippen LogP contribution in [0.25, 0.3) is 0 Å². The van der Waals surface area contributed by atoms with E-state index in [2.05, 4.69) is 6.92 Å². The summed E-state index contributed by atoms with van der Waals surface area (Å²) in [5, 5.41) is 8.39. The Morgan fingerprint density at radius 2 is 2.17 bits per heavy atom. The first-order valence-corrected chi connectivity index (χ1v) is 3.70. The zero-order chi connectivity index (χ0) is 8.69. The Morgan fingerprint density at radius 3 is 2.58 bits per heavy atom. The minimum absolute atomic E-state index is 0. The molecule has 0 saturated heterocycles. The largest absolute Gasteiger partial charge is 0.501 e. The van der Waals surface area contributed by atoms with E-state index in [0.717, 1.165) is 12.8 Å². The zero-order valence-corrected chi connectivity index (χ0v) is 9.92. The van der Waals surface area contributed by atoms with E-state index in [4.69, 9.17) is 9.84 Å². The molecule has 12 heavy (non-hydrogen) atoms. The quantitative estimate of drug-likeness (QED) is 0.459. The zero-order valence-electron chi connectivity index (χ0n) is 7.46. The maximum atomic E-state index is 10.2. The normalized spacial score (nSPS) is 10.3. The number of unbranched alkanes of at least 4 members (excludes halogenated alkanes) is 1. The second-order valence-corrected chi connectivity index (χ2v) is 2.33. The summed E-state index contributed by atoms with van der Waals surface area (Å²) in [6.07, 6.45) is 3.31. The van der Waals surface area contributed by atoms with Crippen LogP contribution in [0.1, 0.15) is 26.7 Å². The van der Waals surface area contributed by atoms with Crippen molar-refractivity contribution in [3.05, 3.63) is 11.8 Å². The smallest absolute Gasteiger partial charge is 0.334 e. The van der Waals surface area contributed by atoms with Crippen molar-refractivity contribution in [1.29, 1.82) is 0 Å². The Kier molecular flexibility index (Phi) is 10.8. The molecule has 0 bridgehead atoms. The second-order valence-electron chi connectivity index (χ2n) is 2.33. The van der Waals surface area contributed by atoms with E-state index in [0.29, 0.717) is 6.61 Å². The summed E-state index contributed by atoms with van der Waals surface area (Å²) < 4.78 is 4.95. The van der Waals surface area contributed by atoms with E-state index in [9.17, 15) is 4.79 Å². The summed E-state index contributed by atoms with van der Waals surface area (Å²) in [6.45, 7) is 4.16. The van der Waals surface area contributed by atoms with E-state index < -0.39 is 5.97 Å². The van der Waals surface area contributed by atoms with Gasteiger partial charge in [-0.1, -0.05) is 13.3 Å². The van der Waals surface area contributed by atoms with Crippen LogP contribution in [0.5, 0.6) is 0 Å². The molecule has 0 aliphatic rings. The van der Waals surface area contributed by atoms with E-state index in [1.54, 1.807) is 0 Å². The van der Waals surface area contributed by atoms with Crippen molar-refractivity contribution in [2.75, 3.05) is 6.61 Å². The van der Waals surface area contributed by atoms with Gasteiger partial charge in [-0.3, -0.25) is 0 Å². The fraction of sp³-hybridized carbons (Fsp3) is 0.625. The predicted octanol–water partition coefficient (Wildman–Crippen LogP) is 1.79. The van der Waals surface area contributed by atoms with Gasteiger partial charge in [-0.05, 0) is 13.3 Å². The van der Waals surface area contributed by atoms with E-state index in [1.165, 1.54) is 13.2 Å². The Bertz CT molecular complexity index is 154. The Morgan fingerprint density at radius 1 is 1.58 bits per heavy atom. The molecular weight excluding hydrogens is 235 g/mol. The van der Waals surface area contributed by atoms with Crippen molar-refractivity contribution in [3.63, 3.8) is 0 Å². The van der Waals surface area contributed by atoms with Gasteiger partial charge in [-0.2, -0.15) is 0 Å². The first-order chi connectivity index (χ1) is 5.18. The summed E-state index contributed by atoms with van der Waals surface area (Å²) in [5.74, 6) is -0.929. The molecule has 4 heteroatoms. The number of rotatable bonds is 5. The molecule has 0 aromatic carbocycles. The molecule has 0 radical (unpaired) electrons. The van der Waals surface area contributed by atoms with Crippen LogP contribution < -0.4 is 0 Å². The summed E-state index contributed by atoms with van der Waals surface area (Å²) >= 11 is 0. The van der Waals surface area contributed by atoms with Crippen LogP contribution in [0.3, 0.4) is 0 Å². The van der Waals surface area contributed by atoms with Crippen molar-refractivity contribution in [2.45, 2.75) is 26.7 Å². The van der Waals surface area contributed by atoms with Gasteiger partial charge in [-0.25, -0.2) is 4.79 Å². The summed E-state index contributed by atoms with van der Waals surface area (Å²) in [6, 6.07) is 0. The van der Waals surface area contributed by atoms with E-state index in [-0.39, 0.29) is 31.8 Å². The van der Waals surface area contributed by atoms with Gasteiger partial charge < -0.3 is 9.84 Å². The number of hydrogen-bond donors (Lipinski definition) is 1. The third-order valence-corrected chi connectivity index (χ3v) is 1.21. The number of hydrogen-bond acceptors (Lipinski definition) is 2. The Labute approximate surface area is 91.9 Å². The van der Waals surface area contributed by atoms with Gasteiger partial charge in [0.25, 0.3) is 0 Å². The average molecular weight is 249 g/mol. The molecule has 0 atom stereocenters. The van der Waals surface area contributed by atoms with Gasteiger partial charge in [0.1, 0.15) is 0 Å². The Hall–Kier alpha value is -0.107. The van der Waals surface area contributed by atoms with E-state index >= 15 is 0 Å². The standard InChI is InChI=1S/C8H14O3.Zr/c1-3-4-5-11-6-7(2)8(9)10;/h6H,3-5H2,1-2H3,(H,9,10);. The number of aliphatic carboxylic acids is 1. The summed E-state index contributed by atoms with van der Waals surface area (Å²) in [7, 11) is 0. The van der Waals surface area contributed by atoms with Crippen LogP contribution in [-0.2, 0) is 35.7 Å². The van der Waals surface area contributed by atoms with Gasteiger partial charge in [0.2, 0.25) is 0 Å². The van der Waals surface area contributed by atoms with Gasteiger partial charge in [0.05, 0.1) is 18.4 Å². The molecule has 0 unspecified atom stereocenters. The molecule has 0 saturated carbocycles. The van der Waals surface area contributed by atoms with Crippen molar-refractivity contribution in [3.8, 4) is 0 Å². The molecule has 0 aliphatic heterocycles. The van der Waals surface area contributed by atoms with Crippen LogP contribution in [-0.4, -0.2) is 17.7 Å². The minimum Gasteiger partial charge on any atom is -0.501 e. The first kappa shape index (κ1) is 14.4. The minimum atomic E-state index is -0.929. The third-order valence-electron chi connectivity index (χ3n) is 1.21. The van der Waals surface area contributed by atoms with Crippen LogP contribution in [0.2, 0.25) is 0 Å². The summed E-state index contributed by atoms with van der Waals surface area (Å²) in [5.41, 5.74) is 0.237. The van der Waals surface area contributed by atoms with Crippen molar-refractivity contribution in [2.24, 2.45) is 0 Å². The van der Waals surface area contributed by atoms with Crippen LogP contribution in [0, 0.1) is 0 Å². The van der Waals surface area contributed by atoms with Crippen LogP contribution in [0.4, 0.5) is 0 Å². The molecule has 0 spiro atoms. The fourth-order valence-corrected chi connectivity index (χ4v) is 0.462. The predicted molar refractivity (Wildman–Crippen MR) is 42.3 cm³/mol. The first-order valence-electron chi connectivity index (χ1n) is 3.70. The molecule has 0 aliphatic carbocycles. The monoisotopic (exact) mass is 248 g/mol. The number of carboxylic acids is 1. The van der Waals surface area contributed by atoms with Gasteiger partial charge >= 0.3 is 5.97 Å². The molecule has 3 nitrogen and oxygen atoms in total. The van der Waals surface area contributed by atoms with Gasteiger partial charge in [-0.15, -0.1) is 0 Å². The SMILES string of the molecule is CCCCOC=C(C)C(=O)O.[Zr]. The third kappa shape index (κ3) is 7.99. The van der Waals surface area contributed by atoms with Crippen LogP contribution in [0.15, 0.2) is 11.8 Å². The van der Waals surface area contributed by atoms with Crippen molar-refractivity contribution < 1.29 is 40.8 Å². The number of carbonyl (C=O) groups is 1. The maximum absolute atomic E-state index is 10.2. The van der Waals surface area contributed by atoms with Crippen LogP contribution >= 0.6 is 0 Å². The molecule has 0 amide bonds. The molecule has 0 aromatic heterocycles. The second kappa shape index (κ2) is 8.98. The molecule has 1 N–H and O–H groups in total. The van der Waals surface area contributed by atoms with E-state index in [1.807, 2.05) is 0 Å². The average Bonchev–Trinajstić information content (AvgIpc) is 1.97. The topological polar surface area (TPSA) is 46.5 Å². The van der Waals surface area contributed by atoms with Gasteiger partial charge in [0.15, 0.2) is 0 Å². The number of ether oxygens (including phenoxy) is 1. The summed E-state index contributed by atoms with van der Waals surface area (Å²) in [4.78, 5) is 10.2. The molecular formula is C8H14O3Zr. The van der Waals surface area contributed by atoms with Crippen molar-refractivity contribution >= 4 is 5.97 Å². The van der Waals surface area contributed by atoms with Gasteiger partial charge in [0, 0.05) is 26.2 Å². The molecule has 0 aromatic rings. The Balaban J connectivity index is 0. The number of carboxylic acid groups (broad SMARTS) is 1. The molecule has 68 valence electrons.